The summed E-state index contributed by atoms with van der Waals surface area (Å²) >= 11 is 0. The molecule has 1 saturated heterocycles. The lowest BCUT2D eigenvalue weighted by Gasteiger charge is -2.31. The maximum Gasteiger partial charge on any atom is 0.232 e. The molecule has 8 nitrogen and oxygen atoms in total. The molecule has 1 amide bonds. The minimum absolute atomic E-state index is 0.106. The van der Waals surface area contributed by atoms with Crippen LogP contribution in [-0.4, -0.2) is 61.3 Å². The summed E-state index contributed by atoms with van der Waals surface area (Å²) in [7, 11) is 0. The third kappa shape index (κ3) is 6.55. The van der Waals surface area contributed by atoms with E-state index < -0.39 is 0 Å². The standard InChI is InChI=1S/C23H33N5O3/c1-4-24-23(25-15-19-14-21(17(2)3)27-31-19)26-16-20(18-8-6-5-7-9-18)22(29)28-10-12-30-13-11-28/h5-9,14,17,20H,4,10-13,15-16H2,1-3H3,(H2,24,25,26). The average molecular weight is 428 g/mol. The molecule has 1 fully saturated rings. The van der Waals surface area contributed by atoms with E-state index in [1.807, 2.05) is 48.2 Å². The number of aliphatic imine (C=N–C) groups is 1. The van der Waals surface area contributed by atoms with Gasteiger partial charge in [-0.1, -0.05) is 49.3 Å². The number of ether oxygens (including phenoxy) is 1. The van der Waals surface area contributed by atoms with Crippen molar-refractivity contribution in [3.63, 3.8) is 0 Å². The van der Waals surface area contributed by atoms with Crippen LogP contribution >= 0.6 is 0 Å². The quantitative estimate of drug-likeness (QED) is 0.497. The summed E-state index contributed by atoms with van der Waals surface area (Å²) in [5, 5.41) is 10.7. The zero-order valence-corrected chi connectivity index (χ0v) is 18.6. The van der Waals surface area contributed by atoms with E-state index in [1.54, 1.807) is 0 Å². The van der Waals surface area contributed by atoms with Crippen molar-refractivity contribution < 1.29 is 14.1 Å². The first-order chi connectivity index (χ1) is 15.1. The Morgan fingerprint density at radius 2 is 1.94 bits per heavy atom. The molecule has 0 bridgehead atoms. The van der Waals surface area contributed by atoms with E-state index in [1.165, 1.54) is 0 Å². The van der Waals surface area contributed by atoms with Crippen LogP contribution in [0.2, 0.25) is 0 Å². The Balaban J connectivity index is 1.69. The predicted octanol–water partition coefficient (Wildman–Crippen LogP) is 2.50. The zero-order chi connectivity index (χ0) is 22.1. The zero-order valence-electron chi connectivity index (χ0n) is 18.6. The van der Waals surface area contributed by atoms with E-state index in [0.717, 1.165) is 11.3 Å². The number of carbonyl (C=O) groups excluding carboxylic acids is 1. The molecule has 0 aliphatic carbocycles. The van der Waals surface area contributed by atoms with Crippen molar-refractivity contribution in [1.82, 2.24) is 20.7 Å². The van der Waals surface area contributed by atoms with Crippen molar-refractivity contribution >= 4 is 11.9 Å². The molecule has 1 aliphatic heterocycles. The molecule has 0 spiro atoms. The normalized spacial score (nSPS) is 15.7. The van der Waals surface area contributed by atoms with Gasteiger partial charge in [0.2, 0.25) is 5.91 Å². The summed E-state index contributed by atoms with van der Waals surface area (Å²) in [6.45, 7) is 10.1. The van der Waals surface area contributed by atoms with Crippen LogP contribution in [0, 0.1) is 0 Å². The fourth-order valence-corrected chi connectivity index (χ4v) is 3.41. The van der Waals surface area contributed by atoms with Gasteiger partial charge in [0.15, 0.2) is 11.7 Å². The molecule has 2 N–H and O–H groups in total. The number of morpholine rings is 1. The summed E-state index contributed by atoms with van der Waals surface area (Å²) in [5.41, 5.74) is 1.91. The van der Waals surface area contributed by atoms with E-state index in [2.05, 4.69) is 34.6 Å². The molecule has 31 heavy (non-hydrogen) atoms. The Morgan fingerprint density at radius 1 is 1.19 bits per heavy atom. The Kier molecular flexibility index (Phi) is 8.46. The molecule has 3 rings (SSSR count). The lowest BCUT2D eigenvalue weighted by molar-refractivity contribution is -0.136. The lowest BCUT2D eigenvalue weighted by Crippen LogP contribution is -2.47. The van der Waals surface area contributed by atoms with E-state index in [4.69, 9.17) is 9.26 Å². The Morgan fingerprint density at radius 3 is 2.58 bits per heavy atom. The van der Waals surface area contributed by atoms with E-state index in [9.17, 15) is 4.79 Å². The van der Waals surface area contributed by atoms with Gasteiger partial charge in [0.25, 0.3) is 0 Å². The van der Waals surface area contributed by atoms with Crippen LogP contribution in [-0.2, 0) is 16.1 Å². The number of rotatable bonds is 8. The number of hydrogen-bond donors (Lipinski definition) is 2. The number of nitrogens with one attached hydrogen (secondary N) is 2. The third-order valence-corrected chi connectivity index (χ3v) is 5.20. The number of guanidine groups is 1. The first-order valence-electron chi connectivity index (χ1n) is 11.0. The molecule has 1 atom stereocenters. The second kappa shape index (κ2) is 11.5. The van der Waals surface area contributed by atoms with Gasteiger partial charge in [-0.05, 0) is 18.4 Å². The third-order valence-electron chi connectivity index (χ3n) is 5.20. The monoisotopic (exact) mass is 427 g/mol. The number of hydrogen-bond acceptors (Lipinski definition) is 5. The van der Waals surface area contributed by atoms with Crippen LogP contribution in [0.1, 0.15) is 49.6 Å². The SMILES string of the molecule is CCNC(=NCc1cc(C(C)C)no1)NCC(C(=O)N1CCOCC1)c1ccccc1. The van der Waals surface area contributed by atoms with E-state index in [0.29, 0.717) is 63.6 Å². The van der Waals surface area contributed by atoms with Gasteiger partial charge in [0.1, 0.15) is 6.54 Å². The molecule has 1 aromatic carbocycles. The molecule has 0 saturated carbocycles. The van der Waals surface area contributed by atoms with Gasteiger partial charge in [-0.2, -0.15) is 0 Å². The largest absolute Gasteiger partial charge is 0.378 e. The van der Waals surface area contributed by atoms with E-state index >= 15 is 0 Å². The van der Waals surface area contributed by atoms with Crippen molar-refractivity contribution in [3.05, 3.63) is 53.4 Å². The van der Waals surface area contributed by atoms with Crippen LogP contribution in [0.5, 0.6) is 0 Å². The van der Waals surface area contributed by atoms with Crippen LogP contribution in [0.4, 0.5) is 0 Å². The Hall–Kier alpha value is -2.87. The number of carbonyl (C=O) groups is 1. The van der Waals surface area contributed by atoms with Gasteiger partial charge in [0, 0.05) is 32.2 Å². The minimum atomic E-state index is -0.305. The molecular formula is C23H33N5O3. The molecule has 1 aromatic heterocycles. The Labute approximate surface area is 184 Å². The van der Waals surface area contributed by atoms with Crippen molar-refractivity contribution in [2.24, 2.45) is 4.99 Å². The van der Waals surface area contributed by atoms with Gasteiger partial charge >= 0.3 is 0 Å². The second-order valence-corrected chi connectivity index (χ2v) is 7.85. The average Bonchev–Trinajstić information content (AvgIpc) is 3.28. The van der Waals surface area contributed by atoms with Gasteiger partial charge in [-0.25, -0.2) is 4.99 Å². The summed E-state index contributed by atoms with van der Waals surface area (Å²) in [6, 6.07) is 11.8. The maximum atomic E-state index is 13.3. The first-order valence-corrected chi connectivity index (χ1v) is 11.0. The second-order valence-electron chi connectivity index (χ2n) is 7.85. The predicted molar refractivity (Wildman–Crippen MR) is 120 cm³/mol. The highest BCUT2D eigenvalue weighted by Crippen LogP contribution is 2.19. The summed E-state index contributed by atoms with van der Waals surface area (Å²) in [6.07, 6.45) is 0. The molecule has 2 heterocycles. The van der Waals surface area contributed by atoms with Crippen LogP contribution in [0.25, 0.3) is 0 Å². The number of aromatic nitrogens is 1. The summed E-state index contributed by atoms with van der Waals surface area (Å²) in [4.78, 5) is 19.8. The smallest absolute Gasteiger partial charge is 0.232 e. The lowest BCUT2D eigenvalue weighted by atomic mass is 9.97. The number of nitrogens with zero attached hydrogens (tertiary/aromatic N) is 3. The minimum Gasteiger partial charge on any atom is -0.378 e. The van der Waals surface area contributed by atoms with Gasteiger partial charge < -0.3 is 24.8 Å². The fraction of sp³-hybridized carbons (Fsp3) is 0.522. The number of amides is 1. The van der Waals surface area contributed by atoms with Gasteiger partial charge in [-0.15, -0.1) is 0 Å². The van der Waals surface area contributed by atoms with Crippen LogP contribution < -0.4 is 10.6 Å². The first kappa shape index (κ1) is 22.8. The molecule has 0 radical (unpaired) electrons. The number of benzene rings is 1. The highest BCUT2D eigenvalue weighted by Gasteiger charge is 2.27. The van der Waals surface area contributed by atoms with Crippen molar-refractivity contribution in [1.29, 1.82) is 0 Å². The highest BCUT2D eigenvalue weighted by atomic mass is 16.5. The van der Waals surface area contributed by atoms with Crippen LogP contribution in [0.3, 0.4) is 0 Å². The maximum absolute atomic E-state index is 13.3. The molecule has 2 aromatic rings. The summed E-state index contributed by atoms with van der Waals surface area (Å²) < 4.78 is 10.8. The molecular weight excluding hydrogens is 394 g/mol. The van der Waals surface area contributed by atoms with Crippen molar-refractivity contribution in [2.45, 2.75) is 39.2 Å². The summed E-state index contributed by atoms with van der Waals surface area (Å²) in [5.74, 6) is 1.46. The Bertz CT molecular complexity index is 844. The van der Waals surface area contributed by atoms with E-state index in [-0.39, 0.29) is 11.8 Å². The fourth-order valence-electron chi connectivity index (χ4n) is 3.41. The molecule has 1 aliphatic rings. The van der Waals surface area contributed by atoms with Gasteiger partial charge in [-0.3, -0.25) is 4.79 Å². The van der Waals surface area contributed by atoms with Crippen molar-refractivity contribution in [3.8, 4) is 0 Å². The molecule has 8 heteroatoms. The van der Waals surface area contributed by atoms with Crippen LogP contribution in [0.15, 0.2) is 45.9 Å². The molecule has 1 unspecified atom stereocenters. The van der Waals surface area contributed by atoms with Gasteiger partial charge in [0.05, 0.1) is 24.8 Å². The topological polar surface area (TPSA) is 92.0 Å². The molecule has 168 valence electrons. The highest BCUT2D eigenvalue weighted by molar-refractivity contribution is 5.86. The van der Waals surface area contributed by atoms with Crippen molar-refractivity contribution in [2.75, 3.05) is 39.4 Å².